The number of amides is 1. The number of ether oxygens (including phenoxy) is 1. The number of anilines is 1. The number of hydrogen-bond donors (Lipinski definition) is 1. The summed E-state index contributed by atoms with van der Waals surface area (Å²) in [6.45, 7) is 4.52. The molecular formula is C17H18BrNO2. The molecule has 21 heavy (non-hydrogen) atoms. The maximum atomic E-state index is 12.4. The van der Waals surface area contributed by atoms with Gasteiger partial charge < -0.3 is 10.1 Å². The first-order valence-electron chi connectivity index (χ1n) is 6.96. The molecule has 2 rings (SSSR count). The van der Waals surface area contributed by atoms with E-state index in [0.29, 0.717) is 17.9 Å². The molecule has 2 aromatic carbocycles. The van der Waals surface area contributed by atoms with Gasteiger partial charge in [0.2, 0.25) is 0 Å². The van der Waals surface area contributed by atoms with Crippen LogP contribution in [0.1, 0.15) is 29.8 Å². The maximum Gasteiger partial charge on any atom is 0.259 e. The third-order valence-corrected chi connectivity index (χ3v) is 3.60. The highest BCUT2D eigenvalue weighted by Gasteiger charge is 2.13. The summed E-state index contributed by atoms with van der Waals surface area (Å²) in [7, 11) is 0. The number of aryl methyl sites for hydroxylation is 1. The quantitative estimate of drug-likeness (QED) is 0.853. The number of halogens is 1. The number of rotatable bonds is 5. The summed E-state index contributed by atoms with van der Waals surface area (Å²) in [5, 5.41) is 2.90. The monoisotopic (exact) mass is 347 g/mol. The first kappa shape index (κ1) is 15.6. The van der Waals surface area contributed by atoms with Crippen LogP contribution in [0.2, 0.25) is 0 Å². The molecule has 0 saturated heterocycles. The van der Waals surface area contributed by atoms with Crippen LogP contribution in [-0.4, -0.2) is 12.5 Å². The molecule has 0 radical (unpaired) electrons. The topological polar surface area (TPSA) is 38.3 Å². The Hall–Kier alpha value is -1.81. The van der Waals surface area contributed by atoms with E-state index < -0.39 is 0 Å². The average molecular weight is 348 g/mol. The van der Waals surface area contributed by atoms with Crippen LogP contribution in [0.5, 0.6) is 5.75 Å². The van der Waals surface area contributed by atoms with E-state index in [1.807, 2.05) is 37.3 Å². The third-order valence-electron chi connectivity index (χ3n) is 3.11. The average Bonchev–Trinajstić information content (AvgIpc) is 2.50. The zero-order valence-corrected chi connectivity index (χ0v) is 13.7. The van der Waals surface area contributed by atoms with Crippen LogP contribution in [-0.2, 0) is 6.42 Å². The van der Waals surface area contributed by atoms with Crippen molar-refractivity contribution in [1.82, 2.24) is 0 Å². The highest BCUT2D eigenvalue weighted by atomic mass is 79.9. The number of hydrogen-bond acceptors (Lipinski definition) is 2. The molecule has 2 aromatic rings. The van der Waals surface area contributed by atoms with Crippen molar-refractivity contribution in [3.05, 3.63) is 58.1 Å². The zero-order valence-electron chi connectivity index (χ0n) is 12.2. The Morgan fingerprint density at radius 3 is 2.48 bits per heavy atom. The van der Waals surface area contributed by atoms with Crippen molar-refractivity contribution in [1.29, 1.82) is 0 Å². The molecule has 0 atom stereocenters. The van der Waals surface area contributed by atoms with Crippen molar-refractivity contribution in [3.63, 3.8) is 0 Å². The van der Waals surface area contributed by atoms with Gasteiger partial charge in [-0.25, -0.2) is 0 Å². The Morgan fingerprint density at radius 1 is 1.14 bits per heavy atom. The number of benzene rings is 2. The number of carbonyl (C=O) groups is 1. The van der Waals surface area contributed by atoms with Gasteiger partial charge in [0.25, 0.3) is 5.91 Å². The summed E-state index contributed by atoms with van der Waals surface area (Å²) < 4.78 is 6.35. The second-order valence-corrected chi connectivity index (χ2v) is 5.49. The standard InChI is InChI=1S/C17H18BrNO2/c1-3-12-5-8-14(9-6-12)19-17(20)15-11-13(18)7-10-16(15)21-4-2/h5-11H,3-4H2,1-2H3,(H,19,20). The predicted octanol–water partition coefficient (Wildman–Crippen LogP) is 4.66. The van der Waals surface area contributed by atoms with Crippen LogP contribution in [0.3, 0.4) is 0 Å². The molecule has 1 amide bonds. The molecule has 110 valence electrons. The lowest BCUT2D eigenvalue weighted by molar-refractivity contribution is 0.102. The lowest BCUT2D eigenvalue weighted by atomic mass is 10.1. The molecule has 0 aliphatic heterocycles. The highest BCUT2D eigenvalue weighted by molar-refractivity contribution is 9.10. The summed E-state index contributed by atoms with van der Waals surface area (Å²) in [6.07, 6.45) is 0.981. The molecule has 0 unspecified atom stereocenters. The SMILES string of the molecule is CCOc1ccc(Br)cc1C(=O)Nc1ccc(CC)cc1. The van der Waals surface area contributed by atoms with Crippen molar-refractivity contribution in [3.8, 4) is 5.75 Å². The Balaban J connectivity index is 2.20. The van der Waals surface area contributed by atoms with Gasteiger partial charge >= 0.3 is 0 Å². The van der Waals surface area contributed by atoms with E-state index in [9.17, 15) is 4.79 Å². The van der Waals surface area contributed by atoms with Crippen LogP contribution < -0.4 is 10.1 Å². The van der Waals surface area contributed by atoms with Gasteiger partial charge in [0.15, 0.2) is 0 Å². The van der Waals surface area contributed by atoms with Gasteiger partial charge in [-0.3, -0.25) is 4.79 Å². The van der Waals surface area contributed by atoms with Gasteiger partial charge in [-0.1, -0.05) is 35.0 Å². The van der Waals surface area contributed by atoms with Gasteiger partial charge in [0.05, 0.1) is 12.2 Å². The normalized spacial score (nSPS) is 10.2. The van der Waals surface area contributed by atoms with Gasteiger partial charge in [-0.2, -0.15) is 0 Å². The van der Waals surface area contributed by atoms with Crippen LogP contribution in [0, 0.1) is 0 Å². The van der Waals surface area contributed by atoms with Crippen molar-refractivity contribution >= 4 is 27.5 Å². The first-order chi connectivity index (χ1) is 10.1. The lowest BCUT2D eigenvalue weighted by Gasteiger charge is -2.11. The van der Waals surface area contributed by atoms with Crippen LogP contribution >= 0.6 is 15.9 Å². The van der Waals surface area contributed by atoms with Crippen molar-refractivity contribution < 1.29 is 9.53 Å². The van der Waals surface area contributed by atoms with Crippen LogP contribution in [0.15, 0.2) is 46.9 Å². The van der Waals surface area contributed by atoms with E-state index in [4.69, 9.17) is 4.74 Å². The minimum atomic E-state index is -0.177. The Labute approximate surface area is 133 Å². The summed E-state index contributed by atoms with van der Waals surface area (Å²) in [5.74, 6) is 0.410. The summed E-state index contributed by atoms with van der Waals surface area (Å²) in [5.41, 5.74) is 2.54. The van der Waals surface area contributed by atoms with E-state index in [0.717, 1.165) is 16.6 Å². The van der Waals surface area contributed by atoms with Crippen molar-refractivity contribution in [2.24, 2.45) is 0 Å². The number of nitrogens with one attached hydrogen (secondary N) is 1. The van der Waals surface area contributed by atoms with E-state index in [1.54, 1.807) is 12.1 Å². The predicted molar refractivity (Wildman–Crippen MR) is 89.1 cm³/mol. The van der Waals surface area contributed by atoms with E-state index >= 15 is 0 Å². The lowest BCUT2D eigenvalue weighted by Crippen LogP contribution is -2.13. The molecule has 0 spiro atoms. The fourth-order valence-corrected chi connectivity index (χ4v) is 2.34. The summed E-state index contributed by atoms with van der Waals surface area (Å²) >= 11 is 3.38. The molecule has 0 aliphatic rings. The third kappa shape index (κ3) is 4.08. The molecule has 0 fully saturated rings. The molecule has 0 bridgehead atoms. The molecule has 0 saturated carbocycles. The fraction of sp³-hybridized carbons (Fsp3) is 0.235. The van der Waals surface area contributed by atoms with Gasteiger partial charge in [-0.05, 0) is 49.2 Å². The molecule has 0 aliphatic carbocycles. The second kappa shape index (κ2) is 7.27. The summed E-state index contributed by atoms with van der Waals surface area (Å²) in [4.78, 5) is 12.4. The Morgan fingerprint density at radius 2 is 1.86 bits per heavy atom. The molecule has 0 aromatic heterocycles. The molecule has 3 nitrogen and oxygen atoms in total. The van der Waals surface area contributed by atoms with E-state index in [2.05, 4.69) is 28.2 Å². The van der Waals surface area contributed by atoms with Gasteiger partial charge in [0, 0.05) is 10.2 Å². The molecule has 0 heterocycles. The second-order valence-electron chi connectivity index (χ2n) is 4.58. The largest absolute Gasteiger partial charge is 0.493 e. The van der Waals surface area contributed by atoms with Crippen LogP contribution in [0.4, 0.5) is 5.69 Å². The van der Waals surface area contributed by atoms with Gasteiger partial charge in [-0.15, -0.1) is 0 Å². The van der Waals surface area contributed by atoms with Gasteiger partial charge in [0.1, 0.15) is 5.75 Å². The fourth-order valence-electron chi connectivity index (χ4n) is 1.98. The highest BCUT2D eigenvalue weighted by Crippen LogP contribution is 2.24. The van der Waals surface area contributed by atoms with E-state index in [-0.39, 0.29) is 5.91 Å². The minimum Gasteiger partial charge on any atom is -0.493 e. The number of carbonyl (C=O) groups excluding carboxylic acids is 1. The molecular weight excluding hydrogens is 330 g/mol. The van der Waals surface area contributed by atoms with Crippen molar-refractivity contribution in [2.45, 2.75) is 20.3 Å². The van der Waals surface area contributed by atoms with E-state index in [1.165, 1.54) is 5.56 Å². The Kier molecular flexibility index (Phi) is 5.39. The first-order valence-corrected chi connectivity index (χ1v) is 7.76. The van der Waals surface area contributed by atoms with Crippen LogP contribution in [0.25, 0.3) is 0 Å². The molecule has 1 N–H and O–H groups in total. The summed E-state index contributed by atoms with van der Waals surface area (Å²) in [6, 6.07) is 13.3. The van der Waals surface area contributed by atoms with Crippen molar-refractivity contribution in [2.75, 3.05) is 11.9 Å². The minimum absolute atomic E-state index is 0.177. The molecule has 4 heteroatoms. The Bertz CT molecular complexity index is 623. The zero-order chi connectivity index (χ0) is 15.2. The smallest absolute Gasteiger partial charge is 0.259 e. The maximum absolute atomic E-state index is 12.4.